The Hall–Kier alpha value is -1.44. The van der Waals surface area contributed by atoms with Crippen molar-refractivity contribution >= 4 is 5.91 Å². The Labute approximate surface area is 168 Å². The van der Waals surface area contributed by atoms with Crippen molar-refractivity contribution in [3.63, 3.8) is 0 Å². The van der Waals surface area contributed by atoms with Gasteiger partial charge in [0, 0.05) is 51.0 Å². The topological polar surface area (TPSA) is 75.7 Å². The number of aromatic nitrogens is 2. The van der Waals surface area contributed by atoms with Crippen LogP contribution < -0.4 is 0 Å². The van der Waals surface area contributed by atoms with Crippen molar-refractivity contribution in [2.75, 3.05) is 46.3 Å². The monoisotopic (exact) mass is 389 g/mol. The van der Waals surface area contributed by atoms with Crippen molar-refractivity contribution in [1.82, 2.24) is 24.9 Å². The van der Waals surface area contributed by atoms with Gasteiger partial charge in [-0.05, 0) is 50.1 Å². The van der Waals surface area contributed by atoms with Gasteiger partial charge in [-0.15, -0.1) is 0 Å². The highest BCUT2D eigenvalue weighted by molar-refractivity contribution is 5.92. The molecule has 2 aliphatic heterocycles. The molecular formula is C21H35N5O2. The predicted molar refractivity (Wildman–Crippen MR) is 108 cm³/mol. The van der Waals surface area contributed by atoms with Crippen LogP contribution >= 0.6 is 0 Å². The molecule has 7 heteroatoms. The molecule has 3 fully saturated rings. The lowest BCUT2D eigenvalue weighted by Gasteiger charge is -2.44. The summed E-state index contributed by atoms with van der Waals surface area (Å²) in [7, 11) is 2.16. The van der Waals surface area contributed by atoms with Gasteiger partial charge in [0.15, 0.2) is 0 Å². The molecule has 156 valence electrons. The first-order valence-corrected chi connectivity index (χ1v) is 10.8. The lowest BCUT2D eigenvalue weighted by atomic mass is 9.77. The van der Waals surface area contributed by atoms with Gasteiger partial charge in [0.1, 0.15) is 5.69 Å². The van der Waals surface area contributed by atoms with Gasteiger partial charge in [0.25, 0.3) is 5.91 Å². The van der Waals surface area contributed by atoms with Gasteiger partial charge >= 0.3 is 0 Å². The molecule has 3 aliphatic rings. The average Bonchev–Trinajstić information content (AvgIpc) is 3.27. The molecule has 0 radical (unpaired) electrons. The Morgan fingerprint density at radius 1 is 1.21 bits per heavy atom. The third-order valence-corrected chi connectivity index (χ3v) is 6.88. The number of carbonyl (C=O) groups is 1. The van der Waals surface area contributed by atoms with Gasteiger partial charge in [-0.25, -0.2) is 0 Å². The summed E-state index contributed by atoms with van der Waals surface area (Å²) in [5, 5.41) is 18.1. The van der Waals surface area contributed by atoms with E-state index >= 15 is 0 Å². The Bertz CT molecular complexity index is 682. The largest absolute Gasteiger partial charge is 0.391 e. The van der Waals surface area contributed by atoms with Crippen molar-refractivity contribution in [1.29, 1.82) is 0 Å². The lowest BCUT2D eigenvalue weighted by molar-refractivity contribution is -0.0249. The summed E-state index contributed by atoms with van der Waals surface area (Å²) in [6.45, 7) is 10.1. The van der Waals surface area contributed by atoms with Crippen LogP contribution in [0.4, 0.5) is 0 Å². The average molecular weight is 390 g/mol. The molecule has 1 aromatic heterocycles. The third-order valence-electron chi connectivity index (χ3n) is 6.88. The Morgan fingerprint density at radius 3 is 2.57 bits per heavy atom. The SMILES string of the molecule is CC(C)Cc1cc(C(=O)N2C[C@H]3C[C@@H](N4CCN(C)CC4)[C@H](O)C[C@H]3C2)n[nH]1. The highest BCUT2D eigenvalue weighted by atomic mass is 16.3. The number of aliphatic hydroxyl groups excluding tert-OH is 1. The zero-order chi connectivity index (χ0) is 19.8. The van der Waals surface area contributed by atoms with Gasteiger partial charge in [-0.1, -0.05) is 13.8 Å². The number of hydrogen-bond acceptors (Lipinski definition) is 5. The molecule has 2 N–H and O–H groups in total. The summed E-state index contributed by atoms with van der Waals surface area (Å²) >= 11 is 0. The summed E-state index contributed by atoms with van der Waals surface area (Å²) in [5.74, 6) is 1.47. The van der Waals surface area contributed by atoms with Crippen molar-refractivity contribution in [3.8, 4) is 0 Å². The summed E-state index contributed by atoms with van der Waals surface area (Å²) in [4.78, 5) is 19.7. The molecular weight excluding hydrogens is 354 g/mol. The van der Waals surface area contributed by atoms with Gasteiger partial charge in [-0.2, -0.15) is 5.10 Å². The van der Waals surface area contributed by atoms with Gasteiger partial charge in [0.05, 0.1) is 6.10 Å². The van der Waals surface area contributed by atoms with E-state index in [0.717, 1.165) is 64.2 Å². The normalized spacial score (nSPS) is 32.1. The fraction of sp³-hybridized carbons (Fsp3) is 0.810. The van der Waals surface area contributed by atoms with E-state index in [1.54, 1.807) is 0 Å². The predicted octanol–water partition coefficient (Wildman–Crippen LogP) is 1.07. The van der Waals surface area contributed by atoms with Crippen LogP contribution in [0.1, 0.15) is 42.9 Å². The molecule has 1 aliphatic carbocycles. The molecule has 1 aromatic rings. The Balaban J connectivity index is 1.37. The van der Waals surface area contributed by atoms with Crippen molar-refractivity contribution < 1.29 is 9.90 Å². The number of aliphatic hydroxyl groups is 1. The van der Waals surface area contributed by atoms with Gasteiger partial charge < -0.3 is 14.9 Å². The number of likely N-dealkylation sites (tertiary alicyclic amines) is 1. The number of piperazine rings is 1. The number of H-pyrrole nitrogens is 1. The second-order valence-corrected chi connectivity index (χ2v) is 9.55. The Morgan fingerprint density at radius 2 is 1.89 bits per heavy atom. The number of nitrogens with one attached hydrogen (secondary N) is 1. The summed E-state index contributed by atoms with van der Waals surface area (Å²) in [6, 6.07) is 2.15. The number of amides is 1. The van der Waals surface area contributed by atoms with E-state index in [1.165, 1.54) is 0 Å². The van der Waals surface area contributed by atoms with E-state index in [0.29, 0.717) is 23.4 Å². The quantitative estimate of drug-likeness (QED) is 0.806. The first-order chi connectivity index (χ1) is 13.4. The van der Waals surface area contributed by atoms with Crippen LogP contribution in [0.2, 0.25) is 0 Å². The fourth-order valence-corrected chi connectivity index (χ4v) is 5.30. The van der Waals surface area contributed by atoms with Gasteiger partial charge in [-0.3, -0.25) is 14.8 Å². The van der Waals surface area contributed by atoms with Crippen LogP contribution in [-0.4, -0.2) is 94.4 Å². The van der Waals surface area contributed by atoms with Crippen molar-refractivity contribution in [3.05, 3.63) is 17.5 Å². The Kier molecular flexibility index (Phi) is 5.76. The van der Waals surface area contributed by atoms with Crippen LogP contribution in [0.3, 0.4) is 0 Å². The van der Waals surface area contributed by atoms with E-state index in [4.69, 9.17) is 0 Å². The molecule has 4 rings (SSSR count). The highest BCUT2D eigenvalue weighted by Crippen LogP contribution is 2.39. The molecule has 3 heterocycles. The molecule has 4 atom stereocenters. The fourth-order valence-electron chi connectivity index (χ4n) is 5.30. The molecule has 1 saturated carbocycles. The second kappa shape index (κ2) is 8.13. The number of rotatable bonds is 4. The van der Waals surface area contributed by atoms with E-state index in [2.05, 4.69) is 40.9 Å². The van der Waals surface area contributed by atoms with E-state index in [9.17, 15) is 9.90 Å². The number of aromatic amines is 1. The molecule has 7 nitrogen and oxygen atoms in total. The van der Waals surface area contributed by atoms with Crippen LogP contribution in [0.25, 0.3) is 0 Å². The van der Waals surface area contributed by atoms with E-state index in [-0.39, 0.29) is 18.1 Å². The zero-order valence-corrected chi connectivity index (χ0v) is 17.5. The molecule has 0 aromatic carbocycles. The maximum atomic E-state index is 13.0. The second-order valence-electron chi connectivity index (χ2n) is 9.55. The van der Waals surface area contributed by atoms with Crippen LogP contribution in [-0.2, 0) is 6.42 Å². The van der Waals surface area contributed by atoms with Crippen molar-refractivity contribution in [2.24, 2.45) is 17.8 Å². The minimum atomic E-state index is -0.275. The van der Waals surface area contributed by atoms with E-state index in [1.807, 2.05) is 11.0 Å². The first kappa shape index (κ1) is 19.9. The van der Waals surface area contributed by atoms with Crippen LogP contribution in [0, 0.1) is 17.8 Å². The van der Waals surface area contributed by atoms with Crippen LogP contribution in [0.5, 0.6) is 0 Å². The summed E-state index contributed by atoms with van der Waals surface area (Å²) < 4.78 is 0. The standard InChI is InChI=1S/C21H35N5O2/c1-14(2)8-17-11-18(23-22-17)21(28)26-12-15-9-19(20(27)10-16(15)13-26)25-6-4-24(3)5-7-25/h11,14-16,19-20,27H,4-10,12-13H2,1-3H3,(H,22,23)/t15-,16+,19-,20-/m1/s1. The molecule has 1 amide bonds. The minimum Gasteiger partial charge on any atom is -0.391 e. The maximum Gasteiger partial charge on any atom is 0.274 e. The number of likely N-dealkylation sites (N-methyl/N-ethyl adjacent to an activating group) is 1. The summed E-state index contributed by atoms with van der Waals surface area (Å²) in [5.41, 5.74) is 1.56. The van der Waals surface area contributed by atoms with Gasteiger partial charge in [0.2, 0.25) is 0 Å². The number of carbonyl (C=O) groups excluding carboxylic acids is 1. The smallest absolute Gasteiger partial charge is 0.274 e. The number of hydrogen-bond donors (Lipinski definition) is 2. The summed E-state index contributed by atoms with van der Waals surface area (Å²) in [6.07, 6.45) is 2.44. The maximum absolute atomic E-state index is 13.0. The number of fused-ring (bicyclic) bond motifs is 1. The number of nitrogens with zero attached hydrogens (tertiary/aromatic N) is 4. The van der Waals surface area contributed by atoms with Crippen molar-refractivity contribution in [2.45, 2.75) is 45.3 Å². The third kappa shape index (κ3) is 4.11. The highest BCUT2D eigenvalue weighted by Gasteiger charge is 2.45. The molecule has 0 spiro atoms. The molecule has 0 unspecified atom stereocenters. The molecule has 0 bridgehead atoms. The zero-order valence-electron chi connectivity index (χ0n) is 17.5. The molecule has 2 saturated heterocycles. The lowest BCUT2D eigenvalue weighted by Crippen LogP contribution is -2.55. The first-order valence-electron chi connectivity index (χ1n) is 10.8. The minimum absolute atomic E-state index is 0.0336. The van der Waals surface area contributed by atoms with Crippen LogP contribution in [0.15, 0.2) is 6.07 Å². The molecule has 28 heavy (non-hydrogen) atoms. The van der Waals surface area contributed by atoms with E-state index < -0.39 is 0 Å².